The van der Waals surface area contributed by atoms with Crippen molar-refractivity contribution in [2.45, 2.75) is 13.0 Å². The SMILES string of the molecule is Cc1nc2cc(OCC(O)CN3CCN(c4nc5ccccc5s4)CC3)ccc2s1. The molecule has 1 N–H and O–H groups in total. The first-order valence-corrected chi connectivity index (χ1v) is 11.8. The number of aromatic nitrogens is 2. The molecule has 3 heterocycles. The molecular weight excluding hydrogens is 416 g/mol. The van der Waals surface area contributed by atoms with Crippen LogP contribution in [0.1, 0.15) is 5.01 Å². The highest BCUT2D eigenvalue weighted by Crippen LogP contribution is 2.29. The normalized spacial score (nSPS) is 16.4. The summed E-state index contributed by atoms with van der Waals surface area (Å²) >= 11 is 3.43. The Hall–Kier alpha value is -2.26. The summed E-state index contributed by atoms with van der Waals surface area (Å²) in [5.41, 5.74) is 2.02. The van der Waals surface area contributed by atoms with Crippen molar-refractivity contribution in [3.63, 3.8) is 0 Å². The minimum Gasteiger partial charge on any atom is -0.491 e. The van der Waals surface area contributed by atoms with E-state index >= 15 is 0 Å². The number of nitrogens with zero attached hydrogens (tertiary/aromatic N) is 4. The number of para-hydroxylation sites is 1. The van der Waals surface area contributed by atoms with Gasteiger partial charge in [-0.25, -0.2) is 9.97 Å². The van der Waals surface area contributed by atoms with Crippen LogP contribution in [0.4, 0.5) is 5.13 Å². The van der Waals surface area contributed by atoms with Gasteiger partial charge in [0.25, 0.3) is 0 Å². The van der Waals surface area contributed by atoms with Gasteiger partial charge in [-0.3, -0.25) is 4.90 Å². The van der Waals surface area contributed by atoms with Crippen molar-refractivity contribution in [1.29, 1.82) is 0 Å². The van der Waals surface area contributed by atoms with Gasteiger partial charge in [0.05, 0.1) is 25.4 Å². The van der Waals surface area contributed by atoms with Gasteiger partial charge < -0.3 is 14.7 Å². The van der Waals surface area contributed by atoms with Gasteiger partial charge in [0.15, 0.2) is 5.13 Å². The van der Waals surface area contributed by atoms with Crippen LogP contribution in [0.2, 0.25) is 0 Å². The standard InChI is InChI=1S/C22H24N4O2S2/c1-15-23-19-12-17(6-7-21(19)29-15)28-14-16(27)13-25-8-10-26(11-9-25)22-24-18-4-2-3-5-20(18)30-22/h2-7,12,16,27H,8-11,13-14H2,1H3. The minimum atomic E-state index is -0.521. The molecule has 156 valence electrons. The summed E-state index contributed by atoms with van der Waals surface area (Å²) in [6, 6.07) is 14.2. The monoisotopic (exact) mass is 440 g/mol. The first-order valence-electron chi connectivity index (χ1n) is 10.1. The molecule has 30 heavy (non-hydrogen) atoms. The number of anilines is 1. The fourth-order valence-corrected chi connectivity index (χ4v) is 5.60. The molecule has 1 atom stereocenters. The lowest BCUT2D eigenvalue weighted by Gasteiger charge is -2.35. The Morgan fingerprint density at radius 2 is 1.80 bits per heavy atom. The zero-order chi connectivity index (χ0) is 20.5. The van der Waals surface area contributed by atoms with Crippen molar-refractivity contribution in [2.75, 3.05) is 44.2 Å². The van der Waals surface area contributed by atoms with Crippen LogP contribution in [0.3, 0.4) is 0 Å². The van der Waals surface area contributed by atoms with Crippen molar-refractivity contribution in [3.8, 4) is 5.75 Å². The predicted octanol–water partition coefficient (Wildman–Crippen LogP) is 3.78. The lowest BCUT2D eigenvalue weighted by molar-refractivity contribution is 0.0663. The molecular formula is C22H24N4O2S2. The number of β-amino-alcohol motifs (C(OH)–C–C–N with tert-alkyl or cyclic N) is 1. The van der Waals surface area contributed by atoms with Gasteiger partial charge in [-0.2, -0.15) is 0 Å². The Morgan fingerprint density at radius 3 is 2.63 bits per heavy atom. The predicted molar refractivity (Wildman–Crippen MR) is 124 cm³/mol. The molecule has 1 aliphatic rings. The highest BCUT2D eigenvalue weighted by molar-refractivity contribution is 7.22. The molecule has 1 fully saturated rings. The van der Waals surface area contributed by atoms with Crippen molar-refractivity contribution < 1.29 is 9.84 Å². The summed E-state index contributed by atoms with van der Waals surface area (Å²) in [6.45, 7) is 6.58. The van der Waals surface area contributed by atoms with Crippen LogP contribution < -0.4 is 9.64 Å². The molecule has 1 saturated heterocycles. The second kappa shape index (κ2) is 8.47. The number of rotatable bonds is 6. The largest absolute Gasteiger partial charge is 0.491 e. The maximum Gasteiger partial charge on any atom is 0.186 e. The molecule has 4 aromatic rings. The summed E-state index contributed by atoms with van der Waals surface area (Å²) in [4.78, 5) is 13.9. The second-order valence-corrected chi connectivity index (χ2v) is 9.82. The summed E-state index contributed by atoms with van der Waals surface area (Å²) < 4.78 is 8.21. The molecule has 0 radical (unpaired) electrons. The van der Waals surface area contributed by atoms with Crippen molar-refractivity contribution in [1.82, 2.24) is 14.9 Å². The second-order valence-electron chi connectivity index (χ2n) is 7.58. The van der Waals surface area contributed by atoms with E-state index in [4.69, 9.17) is 9.72 Å². The number of aliphatic hydroxyl groups is 1. The highest BCUT2D eigenvalue weighted by atomic mass is 32.1. The number of hydrogen-bond donors (Lipinski definition) is 1. The first kappa shape index (κ1) is 19.7. The Balaban J connectivity index is 1.11. The van der Waals surface area contributed by atoms with Gasteiger partial charge in [-0.1, -0.05) is 23.5 Å². The highest BCUT2D eigenvalue weighted by Gasteiger charge is 2.21. The maximum absolute atomic E-state index is 10.5. The molecule has 0 aliphatic carbocycles. The number of hydrogen-bond acceptors (Lipinski definition) is 8. The Labute approximate surface area is 183 Å². The van der Waals surface area contributed by atoms with E-state index in [0.29, 0.717) is 6.54 Å². The summed E-state index contributed by atoms with van der Waals surface area (Å²) in [6.07, 6.45) is -0.521. The average Bonchev–Trinajstić information content (AvgIpc) is 3.35. The van der Waals surface area contributed by atoms with Gasteiger partial charge in [-0.05, 0) is 31.2 Å². The average molecular weight is 441 g/mol. The van der Waals surface area contributed by atoms with Gasteiger partial charge >= 0.3 is 0 Å². The van der Waals surface area contributed by atoms with Crippen LogP contribution in [0.15, 0.2) is 42.5 Å². The number of fused-ring (bicyclic) bond motifs is 2. The summed E-state index contributed by atoms with van der Waals surface area (Å²) in [5, 5.41) is 12.6. The molecule has 0 amide bonds. The Morgan fingerprint density at radius 1 is 1.00 bits per heavy atom. The molecule has 0 spiro atoms. The molecule has 5 rings (SSSR count). The number of ether oxygens (including phenoxy) is 1. The Bertz CT molecular complexity index is 1120. The molecule has 2 aromatic heterocycles. The fraction of sp³-hybridized carbons (Fsp3) is 0.364. The van der Waals surface area contributed by atoms with Gasteiger partial charge in [0.2, 0.25) is 0 Å². The Kier molecular flexibility index (Phi) is 5.56. The van der Waals surface area contributed by atoms with Crippen LogP contribution in [-0.2, 0) is 0 Å². The van der Waals surface area contributed by atoms with E-state index in [0.717, 1.165) is 57.8 Å². The molecule has 8 heteroatoms. The fourth-order valence-electron chi connectivity index (χ4n) is 3.77. The lowest BCUT2D eigenvalue weighted by atomic mass is 10.2. The zero-order valence-electron chi connectivity index (χ0n) is 16.8. The first-order chi connectivity index (χ1) is 14.6. The quantitative estimate of drug-likeness (QED) is 0.492. The third kappa shape index (κ3) is 4.27. The van der Waals surface area contributed by atoms with Crippen LogP contribution in [0.5, 0.6) is 5.75 Å². The number of thiazole rings is 2. The van der Waals surface area contributed by atoms with Crippen molar-refractivity contribution in [3.05, 3.63) is 47.5 Å². The van der Waals surface area contributed by atoms with Crippen molar-refractivity contribution >= 4 is 48.2 Å². The van der Waals surface area contributed by atoms with E-state index in [2.05, 4.69) is 33.0 Å². The van der Waals surface area contributed by atoms with E-state index in [1.807, 2.05) is 31.2 Å². The molecule has 0 saturated carbocycles. The van der Waals surface area contributed by atoms with E-state index in [9.17, 15) is 5.11 Å². The van der Waals surface area contributed by atoms with E-state index in [1.165, 1.54) is 4.70 Å². The lowest BCUT2D eigenvalue weighted by Crippen LogP contribution is -2.49. The number of aliphatic hydroxyl groups excluding tert-OH is 1. The van der Waals surface area contributed by atoms with Crippen molar-refractivity contribution in [2.24, 2.45) is 0 Å². The number of piperazine rings is 1. The van der Waals surface area contributed by atoms with Gasteiger partial charge in [0.1, 0.15) is 18.5 Å². The molecule has 6 nitrogen and oxygen atoms in total. The molecule has 1 aliphatic heterocycles. The zero-order valence-corrected chi connectivity index (χ0v) is 18.5. The van der Waals surface area contributed by atoms with Crippen LogP contribution in [-0.4, -0.2) is 65.4 Å². The van der Waals surface area contributed by atoms with E-state index in [-0.39, 0.29) is 6.61 Å². The molecule has 2 aromatic carbocycles. The maximum atomic E-state index is 10.5. The third-order valence-corrected chi connectivity index (χ3v) is 7.35. The van der Waals surface area contributed by atoms with Crippen LogP contribution in [0.25, 0.3) is 20.4 Å². The topological polar surface area (TPSA) is 61.7 Å². The third-order valence-electron chi connectivity index (χ3n) is 5.30. The minimum absolute atomic E-state index is 0.284. The van der Waals surface area contributed by atoms with Crippen LogP contribution >= 0.6 is 22.7 Å². The van der Waals surface area contributed by atoms with E-state index in [1.54, 1.807) is 22.7 Å². The van der Waals surface area contributed by atoms with Gasteiger partial charge in [-0.15, -0.1) is 11.3 Å². The number of aryl methyl sites for hydroxylation is 1. The van der Waals surface area contributed by atoms with E-state index < -0.39 is 6.10 Å². The molecule has 0 bridgehead atoms. The smallest absolute Gasteiger partial charge is 0.186 e. The van der Waals surface area contributed by atoms with Gasteiger partial charge in [0, 0.05) is 38.8 Å². The summed E-state index contributed by atoms with van der Waals surface area (Å²) in [5.74, 6) is 0.757. The summed E-state index contributed by atoms with van der Waals surface area (Å²) in [7, 11) is 0. The molecule has 1 unspecified atom stereocenters. The number of benzene rings is 2. The van der Waals surface area contributed by atoms with Crippen LogP contribution in [0, 0.1) is 6.92 Å².